The predicted octanol–water partition coefficient (Wildman–Crippen LogP) is 1.30. The molecule has 0 amide bonds. The second-order valence-electron chi connectivity index (χ2n) is 6.17. The first-order valence-electron chi connectivity index (χ1n) is 7.47. The van der Waals surface area contributed by atoms with Crippen LogP contribution in [0.25, 0.3) is 0 Å². The van der Waals surface area contributed by atoms with E-state index >= 15 is 0 Å². The average Bonchev–Trinajstić information content (AvgIpc) is 2.85. The highest BCUT2D eigenvalue weighted by Crippen LogP contribution is 2.32. The largest absolute Gasteiger partial charge is 0.354 e. The summed E-state index contributed by atoms with van der Waals surface area (Å²) in [6, 6.07) is 8.30. The van der Waals surface area contributed by atoms with Crippen molar-refractivity contribution in [3.05, 3.63) is 29.8 Å². The first-order valence-corrected chi connectivity index (χ1v) is 8.91. The van der Waals surface area contributed by atoms with Gasteiger partial charge in [-0.15, -0.1) is 4.40 Å². The molecular weight excluding hydrogens is 286 g/mol. The molecule has 1 aromatic rings. The van der Waals surface area contributed by atoms with Gasteiger partial charge in [-0.25, -0.2) is 0 Å². The minimum Gasteiger partial charge on any atom is -0.354 e. The van der Waals surface area contributed by atoms with E-state index in [-0.39, 0.29) is 0 Å². The highest BCUT2D eigenvalue weighted by molar-refractivity contribution is 7.90. The Morgan fingerprint density at radius 1 is 1.14 bits per heavy atom. The van der Waals surface area contributed by atoms with E-state index in [0.717, 1.165) is 25.1 Å². The molecule has 6 heteroatoms. The third-order valence-corrected chi connectivity index (χ3v) is 6.39. The lowest BCUT2D eigenvalue weighted by Gasteiger charge is -2.27. The highest BCUT2D eigenvalue weighted by atomic mass is 32.2. The summed E-state index contributed by atoms with van der Waals surface area (Å²) in [5.41, 5.74) is 0.762. The number of nitrogens with zero attached hydrogens (tertiary/aromatic N) is 3. The number of rotatable bonds is 0. The Balaban J connectivity index is 1.72. The van der Waals surface area contributed by atoms with Crippen molar-refractivity contribution in [2.75, 3.05) is 20.1 Å². The Morgan fingerprint density at radius 3 is 2.76 bits per heavy atom. The summed E-state index contributed by atoms with van der Waals surface area (Å²) >= 11 is 0. The molecule has 1 aromatic carbocycles. The van der Waals surface area contributed by atoms with Crippen LogP contribution in [0.1, 0.15) is 24.8 Å². The molecule has 3 aliphatic rings. The van der Waals surface area contributed by atoms with Gasteiger partial charge in [-0.3, -0.25) is 4.90 Å². The molecule has 0 aliphatic carbocycles. The maximum atomic E-state index is 12.2. The van der Waals surface area contributed by atoms with Crippen LogP contribution in [0.4, 0.5) is 0 Å². The van der Waals surface area contributed by atoms with Gasteiger partial charge in [0.2, 0.25) is 0 Å². The number of hydrogen-bond acceptors (Lipinski definition) is 4. The average molecular weight is 305 g/mol. The second kappa shape index (κ2) is 4.55. The summed E-state index contributed by atoms with van der Waals surface area (Å²) in [6.45, 7) is 1.75. The summed E-state index contributed by atoms with van der Waals surface area (Å²) in [4.78, 5) is 4.97. The lowest BCUT2D eigenvalue weighted by atomic mass is 10.1. The maximum absolute atomic E-state index is 12.2. The molecule has 3 heterocycles. The van der Waals surface area contributed by atoms with Crippen molar-refractivity contribution in [3.8, 4) is 0 Å². The zero-order valence-corrected chi connectivity index (χ0v) is 12.9. The third-order valence-electron chi connectivity index (χ3n) is 5.06. The molecule has 2 unspecified atom stereocenters. The predicted molar refractivity (Wildman–Crippen MR) is 80.9 cm³/mol. The summed E-state index contributed by atoms with van der Waals surface area (Å²) in [5.74, 6) is 0.645. The van der Waals surface area contributed by atoms with Crippen molar-refractivity contribution in [2.45, 2.75) is 36.2 Å². The molecule has 2 saturated heterocycles. The fourth-order valence-corrected chi connectivity index (χ4v) is 5.05. The smallest absolute Gasteiger partial charge is 0.285 e. The minimum atomic E-state index is -3.51. The molecule has 0 saturated carbocycles. The Hall–Kier alpha value is -1.40. The van der Waals surface area contributed by atoms with Gasteiger partial charge in [0.1, 0.15) is 4.90 Å². The van der Waals surface area contributed by atoms with Crippen LogP contribution < -0.4 is 0 Å². The number of hydrogen-bond donors (Lipinski definition) is 0. The van der Waals surface area contributed by atoms with Crippen LogP contribution in [0.15, 0.2) is 33.6 Å². The van der Waals surface area contributed by atoms with Crippen molar-refractivity contribution in [1.82, 2.24) is 9.80 Å². The van der Waals surface area contributed by atoms with E-state index in [4.69, 9.17) is 0 Å². The van der Waals surface area contributed by atoms with Crippen LogP contribution in [0.5, 0.6) is 0 Å². The van der Waals surface area contributed by atoms with Gasteiger partial charge in [-0.05, 0) is 38.4 Å². The topological polar surface area (TPSA) is 53.0 Å². The van der Waals surface area contributed by atoms with E-state index in [1.165, 1.54) is 12.8 Å². The number of fused-ring (bicyclic) bond motifs is 3. The summed E-state index contributed by atoms with van der Waals surface area (Å²) in [7, 11) is -1.32. The molecule has 0 N–H and O–H groups in total. The van der Waals surface area contributed by atoms with Gasteiger partial charge in [-0.2, -0.15) is 8.42 Å². The van der Waals surface area contributed by atoms with E-state index in [1.54, 1.807) is 12.1 Å². The summed E-state index contributed by atoms with van der Waals surface area (Å²) in [6.07, 6.45) is 3.53. The van der Waals surface area contributed by atoms with Crippen molar-refractivity contribution in [2.24, 2.45) is 4.40 Å². The Bertz CT molecular complexity index is 713. The minimum absolute atomic E-state index is 0.350. The maximum Gasteiger partial charge on any atom is 0.285 e. The number of sulfonamides is 1. The molecular formula is C15H19N3O2S. The van der Waals surface area contributed by atoms with Crippen LogP contribution >= 0.6 is 0 Å². The van der Waals surface area contributed by atoms with Gasteiger partial charge in [-0.1, -0.05) is 12.1 Å². The SMILES string of the molecule is CN1C2CCC1CN(C1=NS(=O)(=O)c3ccccc31)CC2. The van der Waals surface area contributed by atoms with Crippen LogP contribution in [0.2, 0.25) is 0 Å². The quantitative estimate of drug-likeness (QED) is 0.725. The zero-order valence-electron chi connectivity index (χ0n) is 12.1. The van der Waals surface area contributed by atoms with Crippen LogP contribution in [0, 0.1) is 0 Å². The fraction of sp³-hybridized carbons (Fsp3) is 0.533. The van der Waals surface area contributed by atoms with Gasteiger partial charge >= 0.3 is 0 Å². The lowest BCUT2D eigenvalue weighted by molar-refractivity contribution is 0.246. The van der Waals surface area contributed by atoms with Gasteiger partial charge in [0.05, 0.1) is 0 Å². The number of benzene rings is 1. The van der Waals surface area contributed by atoms with Crippen LogP contribution in [-0.4, -0.2) is 56.3 Å². The van der Waals surface area contributed by atoms with Crippen LogP contribution in [-0.2, 0) is 10.0 Å². The van der Waals surface area contributed by atoms with E-state index < -0.39 is 10.0 Å². The molecule has 0 aromatic heterocycles. The summed E-state index contributed by atoms with van der Waals surface area (Å²) in [5, 5.41) is 0. The van der Waals surface area contributed by atoms with Crippen LogP contribution in [0.3, 0.4) is 0 Å². The molecule has 4 rings (SSSR count). The second-order valence-corrected chi connectivity index (χ2v) is 7.74. The van der Waals surface area contributed by atoms with Gasteiger partial charge in [0.15, 0.2) is 5.84 Å². The zero-order chi connectivity index (χ0) is 14.6. The van der Waals surface area contributed by atoms with Crippen molar-refractivity contribution < 1.29 is 8.42 Å². The Kier molecular flexibility index (Phi) is 2.87. The standard InChI is InChI=1S/C15H19N3O2S/c1-17-11-6-7-12(17)10-18(9-8-11)15-13-4-2-3-5-14(13)21(19,20)16-15/h2-5,11-12H,6-10H2,1H3. The molecule has 0 radical (unpaired) electrons. The normalized spacial score (nSPS) is 30.9. The molecule has 2 bridgehead atoms. The Morgan fingerprint density at radius 2 is 1.90 bits per heavy atom. The number of likely N-dealkylation sites (tertiary alicyclic amines) is 1. The first kappa shape index (κ1) is 13.3. The number of likely N-dealkylation sites (N-methyl/N-ethyl adjacent to an activating group) is 1. The Labute approximate surface area is 125 Å². The molecule has 5 nitrogen and oxygen atoms in total. The molecule has 0 spiro atoms. The highest BCUT2D eigenvalue weighted by Gasteiger charge is 2.38. The van der Waals surface area contributed by atoms with E-state index in [1.807, 2.05) is 12.1 Å². The fourth-order valence-electron chi connectivity index (χ4n) is 3.82. The van der Waals surface area contributed by atoms with Gasteiger partial charge in [0, 0.05) is 30.7 Å². The molecule has 3 aliphatic heterocycles. The molecule has 112 valence electrons. The number of amidine groups is 1. The summed E-state index contributed by atoms with van der Waals surface area (Å²) < 4.78 is 28.4. The van der Waals surface area contributed by atoms with E-state index in [2.05, 4.69) is 21.2 Å². The molecule has 21 heavy (non-hydrogen) atoms. The van der Waals surface area contributed by atoms with Gasteiger partial charge < -0.3 is 4.90 Å². The molecule has 2 fully saturated rings. The third kappa shape index (κ3) is 2.00. The first-order chi connectivity index (χ1) is 10.1. The van der Waals surface area contributed by atoms with E-state index in [0.29, 0.717) is 22.8 Å². The molecule has 2 atom stereocenters. The van der Waals surface area contributed by atoms with Gasteiger partial charge in [0.25, 0.3) is 10.0 Å². The van der Waals surface area contributed by atoms with Crippen molar-refractivity contribution in [1.29, 1.82) is 0 Å². The van der Waals surface area contributed by atoms with E-state index in [9.17, 15) is 8.42 Å². The lowest BCUT2D eigenvalue weighted by Crippen LogP contribution is -2.39. The van der Waals surface area contributed by atoms with Crippen molar-refractivity contribution in [3.63, 3.8) is 0 Å². The van der Waals surface area contributed by atoms with Crippen molar-refractivity contribution >= 4 is 15.9 Å². The monoisotopic (exact) mass is 305 g/mol.